The first-order chi connectivity index (χ1) is 24.0. The Morgan fingerprint density at radius 2 is 1.68 bits per heavy atom. The fourth-order valence-corrected chi connectivity index (χ4v) is 6.04. The Morgan fingerprint density at radius 1 is 0.960 bits per heavy atom. The Hall–Kier alpha value is -5.73. The summed E-state index contributed by atoms with van der Waals surface area (Å²) in [5.41, 5.74) is 2.11. The average Bonchev–Trinajstić information content (AvgIpc) is 3.86. The van der Waals surface area contributed by atoms with Gasteiger partial charge in [-0.05, 0) is 45.2 Å². The lowest BCUT2D eigenvalue weighted by Crippen LogP contribution is -2.30. The van der Waals surface area contributed by atoms with Crippen LogP contribution in [0, 0.1) is 0 Å². The van der Waals surface area contributed by atoms with Crippen molar-refractivity contribution in [3.63, 3.8) is 0 Å². The topological polar surface area (TPSA) is 140 Å². The van der Waals surface area contributed by atoms with Crippen LogP contribution in [0.2, 0.25) is 0 Å². The third-order valence-corrected chi connectivity index (χ3v) is 8.77. The molecule has 1 atom stereocenters. The van der Waals surface area contributed by atoms with Crippen molar-refractivity contribution in [1.29, 1.82) is 0 Å². The predicted molar refractivity (Wildman–Crippen MR) is 179 cm³/mol. The van der Waals surface area contributed by atoms with Crippen LogP contribution < -0.4 is 15.2 Å². The maximum absolute atomic E-state index is 13.6. The predicted octanol–water partition coefficient (Wildman–Crippen LogP) is 6.68. The third-order valence-electron chi connectivity index (χ3n) is 8.77. The molecular weight excluding hydrogens is 649 g/mol. The van der Waals surface area contributed by atoms with Crippen LogP contribution in [0.1, 0.15) is 74.3 Å². The van der Waals surface area contributed by atoms with E-state index in [1.807, 2.05) is 36.1 Å². The number of imidazole rings is 1. The molecule has 50 heavy (non-hydrogen) atoms. The zero-order valence-corrected chi connectivity index (χ0v) is 27.7. The van der Waals surface area contributed by atoms with E-state index in [2.05, 4.69) is 35.1 Å². The van der Waals surface area contributed by atoms with Crippen molar-refractivity contribution in [2.75, 3.05) is 12.0 Å². The molecule has 1 aliphatic carbocycles. The highest BCUT2D eigenvalue weighted by molar-refractivity contribution is 5.84. The van der Waals surface area contributed by atoms with Gasteiger partial charge in [0.1, 0.15) is 24.0 Å². The first-order valence-electron chi connectivity index (χ1n) is 16.1. The smallest absolute Gasteiger partial charge is 0.434 e. The van der Waals surface area contributed by atoms with Gasteiger partial charge in [-0.2, -0.15) is 23.3 Å². The number of aromatic amines is 1. The molecule has 256 valence electrons. The van der Waals surface area contributed by atoms with E-state index in [1.165, 1.54) is 24.3 Å². The van der Waals surface area contributed by atoms with Crippen LogP contribution in [-0.2, 0) is 12.7 Å². The van der Waals surface area contributed by atoms with Crippen LogP contribution in [0.25, 0.3) is 33.5 Å². The number of rotatable bonds is 10. The van der Waals surface area contributed by atoms with Crippen LogP contribution in [-0.4, -0.2) is 51.8 Å². The Kier molecular flexibility index (Phi) is 8.49. The fraction of sp³-hybridized carbons (Fsp3) is 0.314. The maximum Gasteiger partial charge on any atom is 0.434 e. The molecule has 2 aromatic carbocycles. The second kappa shape index (κ2) is 12.9. The molecule has 0 radical (unpaired) electrons. The molecular formula is C35H33F3N10O2. The number of hydrogen-bond donors (Lipinski definition) is 1. The van der Waals surface area contributed by atoms with E-state index in [0.717, 1.165) is 30.3 Å². The monoisotopic (exact) mass is 682 g/mol. The summed E-state index contributed by atoms with van der Waals surface area (Å²) in [5.74, 6) is 1.51. The number of ether oxygens (including phenoxy) is 1. The first-order valence-corrected chi connectivity index (χ1v) is 16.1. The Morgan fingerprint density at radius 3 is 2.36 bits per heavy atom. The summed E-state index contributed by atoms with van der Waals surface area (Å²) in [6, 6.07) is 13.7. The van der Waals surface area contributed by atoms with E-state index in [-0.39, 0.29) is 29.9 Å². The van der Waals surface area contributed by atoms with Crippen molar-refractivity contribution in [1.82, 2.24) is 44.7 Å². The number of nitrogens with zero attached hydrogens (tertiary/aromatic N) is 9. The SMILES string of the molecule is COc1ncnc(C2CC2)c1-c1ncnc(N(Cc2ccc(-c3nc(C(F)(F)F)cn3C(C)C)cc2)C(C)c2n[nH]c(=O)c3ccccc23)n1. The highest BCUT2D eigenvalue weighted by Crippen LogP contribution is 2.45. The maximum atomic E-state index is 13.6. The van der Waals surface area contributed by atoms with Crippen LogP contribution in [0.5, 0.6) is 5.88 Å². The number of hydrogen-bond acceptors (Lipinski definition) is 10. The number of alkyl halides is 3. The normalized spacial score (nSPS) is 13.9. The van der Waals surface area contributed by atoms with Crippen LogP contribution >= 0.6 is 0 Å². The molecule has 1 N–H and O–H groups in total. The van der Waals surface area contributed by atoms with E-state index in [0.29, 0.717) is 45.2 Å². The first kappa shape index (κ1) is 32.8. The number of benzene rings is 2. The van der Waals surface area contributed by atoms with E-state index in [4.69, 9.17) is 9.72 Å². The lowest BCUT2D eigenvalue weighted by molar-refractivity contribution is -0.140. The summed E-state index contributed by atoms with van der Waals surface area (Å²) in [6.07, 6.45) is 1.35. The van der Waals surface area contributed by atoms with Gasteiger partial charge >= 0.3 is 6.18 Å². The zero-order chi connectivity index (χ0) is 35.2. The van der Waals surface area contributed by atoms with Crippen LogP contribution in [0.4, 0.5) is 19.1 Å². The molecule has 12 nitrogen and oxygen atoms in total. The van der Waals surface area contributed by atoms with Gasteiger partial charge in [-0.1, -0.05) is 42.5 Å². The Bertz CT molecular complexity index is 2230. The number of methoxy groups -OCH3 is 1. The van der Waals surface area contributed by atoms with Crippen molar-refractivity contribution in [2.24, 2.45) is 0 Å². The lowest BCUT2D eigenvalue weighted by Gasteiger charge is -2.29. The number of H-pyrrole nitrogens is 1. The molecule has 4 heterocycles. The molecule has 1 unspecified atom stereocenters. The highest BCUT2D eigenvalue weighted by atomic mass is 19.4. The molecule has 0 amide bonds. The molecule has 1 fully saturated rings. The van der Waals surface area contributed by atoms with Gasteiger partial charge in [0.2, 0.25) is 11.8 Å². The van der Waals surface area contributed by atoms with Gasteiger partial charge in [-0.15, -0.1) is 0 Å². The third kappa shape index (κ3) is 6.26. The van der Waals surface area contributed by atoms with E-state index < -0.39 is 17.9 Å². The number of fused-ring (bicyclic) bond motifs is 1. The van der Waals surface area contributed by atoms with Crippen molar-refractivity contribution >= 4 is 16.7 Å². The number of halogens is 3. The summed E-state index contributed by atoms with van der Waals surface area (Å²) in [6.45, 7) is 5.82. The van der Waals surface area contributed by atoms with Crippen molar-refractivity contribution < 1.29 is 17.9 Å². The van der Waals surface area contributed by atoms with Gasteiger partial charge in [0, 0.05) is 35.7 Å². The summed E-state index contributed by atoms with van der Waals surface area (Å²) in [5, 5.41) is 8.24. The summed E-state index contributed by atoms with van der Waals surface area (Å²) in [4.78, 5) is 41.4. The van der Waals surface area contributed by atoms with Gasteiger partial charge in [-0.3, -0.25) is 4.79 Å². The van der Waals surface area contributed by atoms with Gasteiger partial charge in [0.05, 0.1) is 29.9 Å². The molecule has 0 aliphatic heterocycles. The molecule has 4 aromatic heterocycles. The Balaban J connectivity index is 1.31. The minimum atomic E-state index is -4.57. The van der Waals surface area contributed by atoms with E-state index in [1.54, 1.807) is 38.1 Å². The molecule has 15 heteroatoms. The van der Waals surface area contributed by atoms with Crippen LogP contribution in [0.15, 0.2) is 72.2 Å². The van der Waals surface area contributed by atoms with Crippen molar-refractivity contribution in [3.8, 4) is 28.7 Å². The molecule has 0 saturated heterocycles. The Labute approximate surface area is 284 Å². The van der Waals surface area contributed by atoms with Crippen molar-refractivity contribution in [2.45, 2.75) is 64.3 Å². The van der Waals surface area contributed by atoms with E-state index >= 15 is 0 Å². The summed E-state index contributed by atoms with van der Waals surface area (Å²) in [7, 11) is 1.53. The van der Waals surface area contributed by atoms with Crippen LogP contribution in [0.3, 0.4) is 0 Å². The number of nitrogens with one attached hydrogen (secondary N) is 1. The molecule has 1 saturated carbocycles. The molecule has 6 aromatic rings. The summed E-state index contributed by atoms with van der Waals surface area (Å²) < 4.78 is 47.8. The zero-order valence-electron chi connectivity index (χ0n) is 27.7. The average molecular weight is 683 g/mol. The largest absolute Gasteiger partial charge is 0.480 e. The minimum Gasteiger partial charge on any atom is -0.480 e. The van der Waals surface area contributed by atoms with E-state index in [9.17, 15) is 18.0 Å². The highest BCUT2D eigenvalue weighted by Gasteiger charge is 2.35. The second-order valence-electron chi connectivity index (χ2n) is 12.5. The second-order valence-corrected chi connectivity index (χ2v) is 12.5. The molecule has 0 spiro atoms. The number of anilines is 1. The quantitative estimate of drug-likeness (QED) is 0.166. The standard InChI is InChI=1S/C35H33F3N10O2/c1-19(2)47-16-26(35(36,37)38)43-31(47)23-11-9-21(10-12-23)15-48(20(3)28-24-7-5-6-8-25(24)32(49)46-45-28)34-42-18-40-30(44-34)27-29(22-13-14-22)39-17-41-33(27)50-4/h5-12,16-20,22H,13-15H2,1-4H3,(H,46,49). The van der Waals surface area contributed by atoms with Crippen molar-refractivity contribution in [3.05, 3.63) is 100 Å². The van der Waals surface area contributed by atoms with Gasteiger partial charge < -0.3 is 14.2 Å². The fourth-order valence-electron chi connectivity index (χ4n) is 6.04. The summed E-state index contributed by atoms with van der Waals surface area (Å²) >= 11 is 0. The molecule has 7 rings (SSSR count). The minimum absolute atomic E-state index is 0.223. The molecule has 1 aliphatic rings. The molecule has 0 bridgehead atoms. The van der Waals surface area contributed by atoms with Gasteiger partial charge in [0.15, 0.2) is 11.5 Å². The van der Waals surface area contributed by atoms with Gasteiger partial charge in [0.25, 0.3) is 5.56 Å². The lowest BCUT2D eigenvalue weighted by atomic mass is 10.0. The number of aromatic nitrogens is 9. The van der Waals surface area contributed by atoms with Gasteiger partial charge in [-0.25, -0.2) is 30.0 Å².